The lowest BCUT2D eigenvalue weighted by atomic mass is 9.93. The number of para-hydroxylation sites is 2. The van der Waals surface area contributed by atoms with Crippen LogP contribution in [-0.4, -0.2) is 4.98 Å². The van der Waals surface area contributed by atoms with Gasteiger partial charge in [-0.25, -0.2) is 4.98 Å². The summed E-state index contributed by atoms with van der Waals surface area (Å²) in [5.41, 5.74) is 14.3. The number of furan rings is 1. The molecule has 0 amide bonds. The van der Waals surface area contributed by atoms with E-state index in [9.17, 15) is 0 Å². The number of benzene rings is 10. The first-order valence-corrected chi connectivity index (χ1v) is 21.4. The molecule has 0 N–H and O–H groups in total. The maximum absolute atomic E-state index is 6.19. The van der Waals surface area contributed by atoms with E-state index in [2.05, 4.69) is 211 Å². The molecular weight excluding hydrogens is 761 g/mol. The summed E-state index contributed by atoms with van der Waals surface area (Å²) >= 11 is 1.77. The summed E-state index contributed by atoms with van der Waals surface area (Å²) in [6, 6.07) is 78.1. The van der Waals surface area contributed by atoms with Crippen molar-refractivity contribution in [3.05, 3.63) is 218 Å². The lowest BCUT2D eigenvalue weighted by Crippen LogP contribution is -2.09. The minimum Gasteiger partial charge on any atom is -0.456 e. The van der Waals surface area contributed by atoms with Gasteiger partial charge < -0.3 is 9.32 Å². The van der Waals surface area contributed by atoms with Crippen LogP contribution in [0.15, 0.2) is 223 Å². The summed E-state index contributed by atoms with van der Waals surface area (Å²) in [7, 11) is 0. The summed E-state index contributed by atoms with van der Waals surface area (Å²) in [6.45, 7) is 0. The van der Waals surface area contributed by atoms with Gasteiger partial charge in [0.05, 0.1) is 10.2 Å². The number of hydrogen-bond donors (Lipinski definition) is 0. The second-order valence-electron chi connectivity index (χ2n) is 15.5. The van der Waals surface area contributed by atoms with Crippen molar-refractivity contribution in [3.8, 4) is 44.0 Å². The van der Waals surface area contributed by atoms with Gasteiger partial charge >= 0.3 is 0 Å². The molecule has 2 aromatic heterocycles. The monoisotopic (exact) mass is 796 g/mol. The second-order valence-corrected chi connectivity index (χ2v) is 16.5. The molecule has 2 heterocycles. The van der Waals surface area contributed by atoms with E-state index in [1.54, 1.807) is 11.3 Å². The van der Waals surface area contributed by atoms with Crippen LogP contribution in [0.1, 0.15) is 0 Å². The Labute approximate surface area is 357 Å². The molecule has 0 saturated heterocycles. The van der Waals surface area contributed by atoms with Crippen LogP contribution >= 0.6 is 11.3 Å². The van der Waals surface area contributed by atoms with Crippen molar-refractivity contribution in [1.29, 1.82) is 0 Å². The van der Waals surface area contributed by atoms with Crippen LogP contribution in [0.3, 0.4) is 0 Å². The SMILES string of the molecule is c1ccc(-c2cccc(-c3ccc4c(c3)c3cc(-c5ccccc5)ccc3c3nc(-c5ccc(N(c6ccccc6)c6ccc7oc8ccccc8c7c6)cc5)sc43)c2)cc1. The summed E-state index contributed by atoms with van der Waals surface area (Å²) in [5.74, 6) is 0. The Hall–Kier alpha value is -7.79. The van der Waals surface area contributed by atoms with Crippen molar-refractivity contribution >= 4 is 82.1 Å². The summed E-state index contributed by atoms with van der Waals surface area (Å²) in [4.78, 5) is 7.74. The summed E-state index contributed by atoms with van der Waals surface area (Å²) in [5, 5.41) is 8.03. The van der Waals surface area contributed by atoms with Crippen molar-refractivity contribution in [3.63, 3.8) is 0 Å². The molecular formula is C57H36N2OS. The highest BCUT2D eigenvalue weighted by Gasteiger charge is 2.19. The third-order valence-corrected chi connectivity index (χ3v) is 13.0. The van der Waals surface area contributed by atoms with Gasteiger partial charge in [0.1, 0.15) is 16.2 Å². The number of fused-ring (bicyclic) bond motifs is 9. The Morgan fingerprint density at radius 2 is 0.852 bits per heavy atom. The first-order chi connectivity index (χ1) is 30.2. The van der Waals surface area contributed by atoms with Crippen LogP contribution in [0.5, 0.6) is 0 Å². The van der Waals surface area contributed by atoms with E-state index < -0.39 is 0 Å². The molecule has 0 spiro atoms. The lowest BCUT2D eigenvalue weighted by Gasteiger charge is -2.25. The third kappa shape index (κ3) is 6.16. The van der Waals surface area contributed by atoms with Gasteiger partial charge in [0, 0.05) is 44.2 Å². The van der Waals surface area contributed by atoms with Gasteiger partial charge in [0.2, 0.25) is 0 Å². The topological polar surface area (TPSA) is 29.3 Å². The number of thiazole rings is 1. The Balaban J connectivity index is 0.985. The number of nitrogens with zero attached hydrogens (tertiary/aromatic N) is 2. The van der Waals surface area contributed by atoms with Crippen molar-refractivity contribution in [2.24, 2.45) is 0 Å². The van der Waals surface area contributed by atoms with Crippen molar-refractivity contribution in [2.75, 3.05) is 4.90 Å². The van der Waals surface area contributed by atoms with E-state index in [1.807, 2.05) is 12.1 Å². The Kier molecular flexibility index (Phi) is 8.36. The Morgan fingerprint density at radius 1 is 0.328 bits per heavy atom. The number of rotatable bonds is 7. The zero-order chi connectivity index (χ0) is 40.3. The highest BCUT2D eigenvalue weighted by molar-refractivity contribution is 7.22. The largest absolute Gasteiger partial charge is 0.456 e. The third-order valence-electron chi connectivity index (χ3n) is 11.9. The van der Waals surface area contributed by atoms with Crippen LogP contribution in [0, 0.1) is 0 Å². The molecule has 0 unspecified atom stereocenters. The molecule has 3 nitrogen and oxygen atoms in total. The molecule has 0 fully saturated rings. The fourth-order valence-electron chi connectivity index (χ4n) is 8.88. The fourth-order valence-corrected chi connectivity index (χ4v) is 10.0. The van der Waals surface area contributed by atoms with Gasteiger partial charge in [-0.2, -0.15) is 0 Å². The highest BCUT2D eigenvalue weighted by atomic mass is 32.1. The summed E-state index contributed by atoms with van der Waals surface area (Å²) in [6.07, 6.45) is 0. The quantitative estimate of drug-likeness (QED) is 0.150. The highest BCUT2D eigenvalue weighted by Crippen LogP contribution is 2.44. The van der Waals surface area contributed by atoms with Crippen LogP contribution in [0.2, 0.25) is 0 Å². The maximum Gasteiger partial charge on any atom is 0.135 e. The Bertz CT molecular complexity index is 3570. The predicted molar refractivity (Wildman–Crippen MR) is 258 cm³/mol. The normalized spacial score (nSPS) is 11.6. The molecule has 0 aliphatic rings. The average molecular weight is 797 g/mol. The van der Waals surface area contributed by atoms with Gasteiger partial charge in [-0.15, -0.1) is 11.3 Å². The summed E-state index contributed by atoms with van der Waals surface area (Å²) < 4.78 is 7.39. The molecule has 4 heteroatoms. The van der Waals surface area contributed by atoms with E-state index in [0.717, 1.165) is 60.5 Å². The maximum atomic E-state index is 6.19. The van der Waals surface area contributed by atoms with Gasteiger partial charge in [-0.1, -0.05) is 140 Å². The molecule has 0 radical (unpaired) electrons. The average Bonchev–Trinajstić information content (AvgIpc) is 3.95. The Morgan fingerprint density at radius 3 is 1.59 bits per heavy atom. The first-order valence-electron chi connectivity index (χ1n) is 20.6. The molecule has 10 aromatic carbocycles. The lowest BCUT2D eigenvalue weighted by molar-refractivity contribution is 0.669. The smallest absolute Gasteiger partial charge is 0.135 e. The van der Waals surface area contributed by atoms with E-state index >= 15 is 0 Å². The van der Waals surface area contributed by atoms with E-state index in [1.165, 1.54) is 54.2 Å². The molecule has 12 rings (SSSR count). The first kappa shape index (κ1) is 35.2. The van der Waals surface area contributed by atoms with Gasteiger partial charge in [0.25, 0.3) is 0 Å². The number of hydrogen-bond acceptors (Lipinski definition) is 4. The molecule has 286 valence electrons. The zero-order valence-corrected chi connectivity index (χ0v) is 33.8. The minimum absolute atomic E-state index is 0.883. The molecule has 0 aliphatic heterocycles. The van der Waals surface area contributed by atoms with Gasteiger partial charge in [-0.3, -0.25) is 0 Å². The zero-order valence-electron chi connectivity index (χ0n) is 33.0. The molecule has 0 saturated carbocycles. The predicted octanol–water partition coefficient (Wildman–Crippen LogP) is 16.6. The van der Waals surface area contributed by atoms with E-state index in [-0.39, 0.29) is 0 Å². The number of anilines is 3. The van der Waals surface area contributed by atoms with Crippen LogP contribution in [-0.2, 0) is 0 Å². The van der Waals surface area contributed by atoms with Crippen LogP contribution < -0.4 is 4.90 Å². The standard InChI is InChI=1S/C57H36N2OS/c1-4-13-37(14-5-1)40-17-12-18-41(33-40)43-26-31-49-51(35-43)50-34-42(38-15-6-2-7-16-38)25-30-48(50)55-56(49)61-57(58-55)39-23-27-45(28-24-39)59(44-19-8-3-9-20-44)46-29-32-54-52(36-46)47-21-10-11-22-53(47)60-54/h1-36H. The fraction of sp³-hybridized carbons (Fsp3) is 0. The van der Waals surface area contributed by atoms with E-state index in [0.29, 0.717) is 0 Å². The van der Waals surface area contributed by atoms with Crippen molar-refractivity contribution in [1.82, 2.24) is 4.98 Å². The van der Waals surface area contributed by atoms with Gasteiger partial charge in [-0.05, 0) is 123 Å². The number of aromatic nitrogens is 1. The second kappa shape index (κ2) is 14.5. The molecule has 0 bridgehead atoms. The van der Waals surface area contributed by atoms with E-state index in [4.69, 9.17) is 9.40 Å². The molecule has 12 aromatic rings. The minimum atomic E-state index is 0.883. The van der Waals surface area contributed by atoms with Crippen molar-refractivity contribution < 1.29 is 4.42 Å². The molecule has 61 heavy (non-hydrogen) atoms. The van der Waals surface area contributed by atoms with Crippen LogP contribution in [0.4, 0.5) is 17.1 Å². The molecule has 0 atom stereocenters. The van der Waals surface area contributed by atoms with Gasteiger partial charge in [0.15, 0.2) is 0 Å². The van der Waals surface area contributed by atoms with Crippen molar-refractivity contribution in [2.45, 2.75) is 0 Å². The molecule has 0 aliphatic carbocycles. The van der Waals surface area contributed by atoms with Crippen LogP contribution in [0.25, 0.3) is 97.7 Å².